The fourth-order valence-electron chi connectivity index (χ4n) is 2.61. The lowest BCUT2D eigenvalue weighted by Gasteiger charge is -2.16. The highest BCUT2D eigenvalue weighted by Crippen LogP contribution is 2.18. The highest BCUT2D eigenvalue weighted by molar-refractivity contribution is 7.91. The molecule has 1 atom stereocenters. The van der Waals surface area contributed by atoms with Gasteiger partial charge in [-0.3, -0.25) is 4.79 Å². The first-order valence-corrected chi connectivity index (χ1v) is 10.2. The van der Waals surface area contributed by atoms with E-state index in [1.54, 1.807) is 31.2 Å². The van der Waals surface area contributed by atoms with Crippen LogP contribution in [0, 0.1) is 13.8 Å². The average molecular weight is 389 g/mol. The molecule has 0 aliphatic carbocycles. The van der Waals surface area contributed by atoms with E-state index in [1.165, 1.54) is 12.1 Å². The fraction of sp³-hybridized carbons (Fsp3) is 0.300. The van der Waals surface area contributed by atoms with Crippen LogP contribution in [0.15, 0.2) is 47.4 Å². The highest BCUT2D eigenvalue weighted by atomic mass is 32.2. The second-order valence-corrected chi connectivity index (χ2v) is 8.68. The minimum atomic E-state index is -3.30. The quantitative estimate of drug-likeness (QED) is 0.758. The summed E-state index contributed by atoms with van der Waals surface area (Å²) in [5, 5.41) is 12.0. The summed E-state index contributed by atoms with van der Waals surface area (Å²) in [5.41, 5.74) is 3.09. The molecule has 0 saturated heterocycles. The summed E-state index contributed by atoms with van der Waals surface area (Å²) in [4.78, 5) is 24.1. The molecule has 0 aromatic heterocycles. The summed E-state index contributed by atoms with van der Waals surface area (Å²) in [6.07, 6.45) is -0.0406. The normalized spacial score (nSPS) is 12.4. The second kappa shape index (κ2) is 8.35. The van der Waals surface area contributed by atoms with E-state index >= 15 is 0 Å². The zero-order chi connectivity index (χ0) is 20.2. The Kier molecular flexibility index (Phi) is 6.38. The highest BCUT2D eigenvalue weighted by Gasteiger charge is 2.22. The number of carboxylic acid groups (broad SMARTS) is 1. The minimum absolute atomic E-state index is 0.00307. The van der Waals surface area contributed by atoms with Crippen molar-refractivity contribution >= 4 is 21.7 Å². The third-order valence-corrected chi connectivity index (χ3v) is 6.19. The summed E-state index contributed by atoms with van der Waals surface area (Å²) in [7, 11) is -3.30. The van der Waals surface area contributed by atoms with Gasteiger partial charge in [-0.25, -0.2) is 13.2 Å². The van der Waals surface area contributed by atoms with Crippen LogP contribution in [-0.4, -0.2) is 31.2 Å². The van der Waals surface area contributed by atoms with Gasteiger partial charge >= 0.3 is 5.97 Å². The Morgan fingerprint density at radius 2 is 1.67 bits per heavy atom. The molecular weight excluding hydrogens is 366 g/mol. The van der Waals surface area contributed by atoms with Crippen LogP contribution in [-0.2, 0) is 25.8 Å². The molecule has 0 saturated carbocycles. The molecule has 7 heteroatoms. The number of amides is 1. The van der Waals surface area contributed by atoms with Crippen molar-refractivity contribution in [2.75, 3.05) is 5.75 Å². The van der Waals surface area contributed by atoms with Crippen molar-refractivity contribution in [2.24, 2.45) is 0 Å². The van der Waals surface area contributed by atoms with Gasteiger partial charge in [0, 0.05) is 0 Å². The van der Waals surface area contributed by atoms with Crippen LogP contribution >= 0.6 is 0 Å². The Balaban J connectivity index is 2.12. The third-order valence-electron chi connectivity index (χ3n) is 4.44. The number of carbonyl (C=O) groups is 2. The molecule has 144 valence electrons. The lowest BCUT2D eigenvalue weighted by molar-refractivity contribution is -0.141. The number of carbonyl (C=O) groups excluding carboxylic acids is 1. The van der Waals surface area contributed by atoms with Crippen LogP contribution < -0.4 is 5.32 Å². The lowest BCUT2D eigenvalue weighted by Crippen LogP contribution is -2.34. The van der Waals surface area contributed by atoms with Crippen LogP contribution in [0.5, 0.6) is 0 Å². The molecule has 27 heavy (non-hydrogen) atoms. The maximum atomic E-state index is 12.3. The molecule has 6 nitrogen and oxygen atoms in total. The number of rotatable bonds is 7. The minimum Gasteiger partial charge on any atom is -0.479 e. The molecule has 2 aromatic carbocycles. The largest absolute Gasteiger partial charge is 0.479 e. The molecule has 0 radical (unpaired) electrons. The van der Waals surface area contributed by atoms with Gasteiger partial charge in [0.2, 0.25) is 5.91 Å². The first kappa shape index (κ1) is 20.6. The van der Waals surface area contributed by atoms with E-state index in [2.05, 4.69) is 5.32 Å². The van der Waals surface area contributed by atoms with E-state index in [9.17, 15) is 23.1 Å². The topological polar surface area (TPSA) is 101 Å². The number of aliphatic carboxylic acids is 1. The maximum Gasteiger partial charge on any atom is 0.330 e. The van der Waals surface area contributed by atoms with E-state index in [4.69, 9.17) is 0 Å². The Morgan fingerprint density at radius 1 is 1.04 bits per heavy atom. The number of hydrogen-bond donors (Lipinski definition) is 2. The molecular formula is C20H23NO5S. The molecule has 2 aromatic rings. The summed E-state index contributed by atoms with van der Waals surface area (Å²) >= 11 is 0. The summed E-state index contributed by atoms with van der Waals surface area (Å²) in [6, 6.07) is 10.2. The van der Waals surface area contributed by atoms with Crippen LogP contribution in [0.3, 0.4) is 0 Å². The van der Waals surface area contributed by atoms with Crippen molar-refractivity contribution in [2.45, 2.75) is 38.1 Å². The number of aryl methyl sites for hydroxylation is 2. The Hall–Kier alpha value is -2.67. The third kappa shape index (κ3) is 5.17. The van der Waals surface area contributed by atoms with Gasteiger partial charge in [-0.05, 0) is 48.2 Å². The van der Waals surface area contributed by atoms with Gasteiger partial charge in [0.1, 0.15) is 0 Å². The average Bonchev–Trinajstić information content (AvgIpc) is 2.62. The number of nitrogens with one attached hydrogen (secondary N) is 1. The Labute approximate surface area is 159 Å². The maximum absolute atomic E-state index is 12.3. The van der Waals surface area contributed by atoms with Crippen molar-refractivity contribution in [1.29, 1.82) is 0 Å². The van der Waals surface area contributed by atoms with Crippen molar-refractivity contribution in [3.63, 3.8) is 0 Å². The number of benzene rings is 2. The lowest BCUT2D eigenvalue weighted by atomic mass is 10.0. The van der Waals surface area contributed by atoms with Gasteiger partial charge in [-0.15, -0.1) is 0 Å². The zero-order valence-corrected chi connectivity index (χ0v) is 16.3. The van der Waals surface area contributed by atoms with Crippen molar-refractivity contribution in [1.82, 2.24) is 5.32 Å². The summed E-state index contributed by atoms with van der Waals surface area (Å²) in [5.74, 6) is -1.59. The molecule has 0 aliphatic rings. The van der Waals surface area contributed by atoms with Crippen LogP contribution in [0.1, 0.15) is 35.2 Å². The van der Waals surface area contributed by atoms with Crippen LogP contribution in [0.4, 0.5) is 0 Å². The SMILES string of the molecule is CCS(=O)(=O)c1ccc(CC(=O)NC(C(=O)O)c2ccc(C)c(C)c2)cc1. The van der Waals surface area contributed by atoms with E-state index in [0.717, 1.165) is 11.1 Å². The smallest absolute Gasteiger partial charge is 0.330 e. The molecule has 0 aliphatic heterocycles. The van der Waals surface area contributed by atoms with Crippen molar-refractivity contribution < 1.29 is 23.1 Å². The van der Waals surface area contributed by atoms with Crippen LogP contribution in [0.25, 0.3) is 0 Å². The van der Waals surface area contributed by atoms with Gasteiger partial charge in [-0.1, -0.05) is 37.3 Å². The fourth-order valence-corrected chi connectivity index (χ4v) is 3.49. The van der Waals surface area contributed by atoms with Crippen LogP contribution in [0.2, 0.25) is 0 Å². The summed E-state index contributed by atoms with van der Waals surface area (Å²) < 4.78 is 23.6. The molecule has 0 heterocycles. The molecule has 2 rings (SSSR count). The molecule has 2 N–H and O–H groups in total. The van der Waals surface area contributed by atoms with E-state index < -0.39 is 27.8 Å². The van der Waals surface area contributed by atoms with E-state index in [0.29, 0.717) is 11.1 Å². The number of carboxylic acids is 1. The van der Waals surface area contributed by atoms with Gasteiger partial charge in [0.25, 0.3) is 0 Å². The zero-order valence-electron chi connectivity index (χ0n) is 15.5. The van der Waals surface area contributed by atoms with Crippen molar-refractivity contribution in [3.8, 4) is 0 Å². The Bertz CT molecular complexity index is 949. The van der Waals surface area contributed by atoms with Gasteiger partial charge in [-0.2, -0.15) is 0 Å². The predicted octanol–water partition coefficient (Wildman–Crippen LogP) is 2.58. The molecule has 1 amide bonds. The van der Waals surface area contributed by atoms with Gasteiger partial charge in [0.15, 0.2) is 15.9 Å². The molecule has 0 spiro atoms. The van der Waals surface area contributed by atoms with E-state index in [1.807, 2.05) is 19.9 Å². The summed E-state index contributed by atoms with van der Waals surface area (Å²) in [6.45, 7) is 5.37. The number of sulfone groups is 1. The van der Waals surface area contributed by atoms with Gasteiger partial charge in [0.05, 0.1) is 17.1 Å². The van der Waals surface area contributed by atoms with E-state index in [-0.39, 0.29) is 17.1 Å². The number of hydrogen-bond acceptors (Lipinski definition) is 4. The predicted molar refractivity (Wildman–Crippen MR) is 102 cm³/mol. The standard InChI is InChI=1S/C20H23NO5S/c1-4-27(25,26)17-9-6-15(7-10-17)12-18(22)21-19(20(23)24)16-8-5-13(2)14(3)11-16/h5-11,19H,4,12H2,1-3H3,(H,21,22)(H,23,24). The van der Waals surface area contributed by atoms with Gasteiger partial charge < -0.3 is 10.4 Å². The first-order valence-electron chi connectivity index (χ1n) is 8.55. The molecule has 0 fully saturated rings. The second-order valence-electron chi connectivity index (χ2n) is 6.41. The monoisotopic (exact) mass is 389 g/mol. The van der Waals surface area contributed by atoms with Crippen molar-refractivity contribution in [3.05, 3.63) is 64.7 Å². The first-order chi connectivity index (χ1) is 12.6. The molecule has 0 bridgehead atoms. The molecule has 1 unspecified atom stereocenters. The Morgan fingerprint density at radius 3 is 2.19 bits per heavy atom.